The summed E-state index contributed by atoms with van der Waals surface area (Å²) in [5.41, 5.74) is 4.64. The number of hydrogen-bond acceptors (Lipinski definition) is 5. The summed E-state index contributed by atoms with van der Waals surface area (Å²) in [4.78, 5) is 18.2. The summed E-state index contributed by atoms with van der Waals surface area (Å²) in [5, 5.41) is 30.1. The zero-order valence-electron chi connectivity index (χ0n) is 20.0. The molecule has 0 aliphatic heterocycles. The summed E-state index contributed by atoms with van der Waals surface area (Å²) in [6.45, 7) is 1.94. The maximum Gasteiger partial charge on any atom is 0.414 e. The van der Waals surface area contributed by atoms with Crippen molar-refractivity contribution in [2.75, 3.05) is 20.2 Å². The molecule has 0 saturated heterocycles. The normalized spacial score (nSPS) is 11.4. The van der Waals surface area contributed by atoms with Gasteiger partial charge >= 0.3 is 11.9 Å². The molecule has 0 fully saturated rings. The Morgan fingerprint density at radius 1 is 0.917 bits per heavy atom. The van der Waals surface area contributed by atoms with E-state index in [1.54, 1.807) is 7.11 Å². The minimum Gasteiger partial charge on any atom is -0.497 e. The molecule has 8 nitrogen and oxygen atoms in total. The molecule has 0 saturated carbocycles. The average molecular weight is 491 g/mol. The second-order valence-corrected chi connectivity index (χ2v) is 8.13. The van der Waals surface area contributed by atoms with Gasteiger partial charge in [-0.2, -0.15) is 0 Å². The first kappa shape index (κ1) is 26.5. The third-order valence-electron chi connectivity index (χ3n) is 5.59. The smallest absolute Gasteiger partial charge is 0.414 e. The Labute approximate surface area is 209 Å². The fraction of sp³-hybridized carbons (Fsp3) is 0.214. The lowest BCUT2D eigenvalue weighted by atomic mass is 10.1. The Morgan fingerprint density at radius 2 is 1.56 bits per heavy atom. The molecule has 8 heteroatoms. The van der Waals surface area contributed by atoms with Gasteiger partial charge in [-0.15, -0.1) is 0 Å². The number of aromatic nitrogens is 1. The van der Waals surface area contributed by atoms with Crippen LogP contribution in [0.2, 0.25) is 0 Å². The summed E-state index contributed by atoms with van der Waals surface area (Å²) in [7, 11) is 1.67. The van der Waals surface area contributed by atoms with Crippen LogP contribution in [-0.2, 0) is 22.6 Å². The number of para-hydroxylation sites is 1. The van der Waals surface area contributed by atoms with E-state index in [9.17, 15) is 5.11 Å². The molecule has 0 bridgehead atoms. The van der Waals surface area contributed by atoms with Gasteiger partial charge in [0.15, 0.2) is 0 Å². The monoisotopic (exact) mass is 490 g/mol. The molecule has 4 rings (SSSR count). The van der Waals surface area contributed by atoms with Crippen LogP contribution in [0.15, 0.2) is 84.9 Å². The number of nitrogens with zero attached hydrogens (tertiary/aromatic N) is 1. The Balaban J connectivity index is 0.000000538. The number of carbonyl (C=O) groups is 2. The third-order valence-corrected chi connectivity index (χ3v) is 5.59. The number of ether oxygens (including phenoxy) is 1. The van der Waals surface area contributed by atoms with Crippen molar-refractivity contribution in [3.05, 3.63) is 90.5 Å². The van der Waals surface area contributed by atoms with Gasteiger partial charge in [-0.05, 0) is 60.5 Å². The van der Waals surface area contributed by atoms with Crippen LogP contribution in [0.5, 0.6) is 5.75 Å². The van der Waals surface area contributed by atoms with E-state index in [2.05, 4.69) is 64.5 Å². The fourth-order valence-corrected chi connectivity index (χ4v) is 3.83. The van der Waals surface area contributed by atoms with E-state index in [0.717, 1.165) is 35.5 Å². The Kier molecular flexibility index (Phi) is 9.62. The molecule has 1 aromatic heterocycles. The van der Waals surface area contributed by atoms with Crippen molar-refractivity contribution >= 4 is 22.8 Å². The van der Waals surface area contributed by atoms with E-state index < -0.39 is 18.0 Å². The van der Waals surface area contributed by atoms with E-state index in [4.69, 9.17) is 24.5 Å². The molecule has 1 unspecified atom stereocenters. The SMILES string of the molecule is COc1ccc(-c2cc3ccccc3n2CC(O)CNCCc2ccccc2)cc1.O=C(O)C(=O)O. The first-order chi connectivity index (χ1) is 17.4. The Hall–Kier alpha value is -4.14. The molecule has 4 N–H and O–H groups in total. The lowest BCUT2D eigenvalue weighted by Crippen LogP contribution is -2.31. The maximum atomic E-state index is 10.7. The highest BCUT2D eigenvalue weighted by Gasteiger charge is 2.14. The van der Waals surface area contributed by atoms with Gasteiger partial charge in [-0.1, -0.05) is 48.5 Å². The van der Waals surface area contributed by atoms with Crippen LogP contribution < -0.4 is 10.1 Å². The average Bonchev–Trinajstić information content (AvgIpc) is 3.26. The number of aliphatic hydroxyl groups is 1. The molecule has 3 aromatic carbocycles. The van der Waals surface area contributed by atoms with Gasteiger partial charge in [-0.3, -0.25) is 0 Å². The molecule has 0 radical (unpaired) electrons. The van der Waals surface area contributed by atoms with Crippen molar-refractivity contribution in [2.24, 2.45) is 0 Å². The van der Waals surface area contributed by atoms with E-state index in [0.29, 0.717) is 13.1 Å². The van der Waals surface area contributed by atoms with E-state index in [1.165, 1.54) is 10.9 Å². The highest BCUT2D eigenvalue weighted by molar-refractivity contribution is 6.27. The molecule has 0 aliphatic carbocycles. The largest absolute Gasteiger partial charge is 0.497 e. The molecular formula is C28H30N2O6. The molecule has 188 valence electrons. The van der Waals surface area contributed by atoms with Crippen molar-refractivity contribution in [1.29, 1.82) is 0 Å². The number of methoxy groups -OCH3 is 1. The molecule has 1 atom stereocenters. The van der Waals surface area contributed by atoms with Gasteiger partial charge in [0.1, 0.15) is 5.75 Å². The number of fused-ring (bicyclic) bond motifs is 1. The van der Waals surface area contributed by atoms with Crippen LogP contribution in [0.3, 0.4) is 0 Å². The van der Waals surface area contributed by atoms with Crippen LogP contribution >= 0.6 is 0 Å². The van der Waals surface area contributed by atoms with Crippen LogP contribution in [0.4, 0.5) is 0 Å². The van der Waals surface area contributed by atoms with Gasteiger partial charge in [0.25, 0.3) is 0 Å². The Bertz CT molecular complexity index is 1260. The Morgan fingerprint density at radius 3 is 2.19 bits per heavy atom. The number of benzene rings is 3. The molecule has 0 spiro atoms. The van der Waals surface area contributed by atoms with Gasteiger partial charge < -0.3 is 29.9 Å². The standard InChI is InChI=1S/C26H28N2O2.C2H2O4/c1-30-24-13-11-21(12-14-24)26-17-22-9-5-6-10-25(22)28(26)19-23(29)18-27-16-15-20-7-3-2-4-8-20;3-1(4)2(5)6/h2-14,17,23,27,29H,15-16,18-19H2,1H3;(H,3,4)(H,5,6). The molecule has 36 heavy (non-hydrogen) atoms. The molecular weight excluding hydrogens is 460 g/mol. The molecule has 0 aliphatic rings. The predicted octanol–water partition coefficient (Wildman–Crippen LogP) is 3.67. The number of aliphatic hydroxyl groups excluding tert-OH is 1. The summed E-state index contributed by atoms with van der Waals surface area (Å²) < 4.78 is 7.50. The third kappa shape index (κ3) is 7.43. The number of hydrogen-bond donors (Lipinski definition) is 4. The zero-order valence-corrected chi connectivity index (χ0v) is 20.0. The van der Waals surface area contributed by atoms with Crippen molar-refractivity contribution in [2.45, 2.75) is 19.1 Å². The summed E-state index contributed by atoms with van der Waals surface area (Å²) in [6, 6.07) is 29.0. The topological polar surface area (TPSA) is 121 Å². The zero-order chi connectivity index (χ0) is 25.9. The number of aliphatic carboxylic acids is 2. The minimum absolute atomic E-state index is 0.478. The lowest BCUT2D eigenvalue weighted by molar-refractivity contribution is -0.159. The van der Waals surface area contributed by atoms with Crippen LogP contribution in [0, 0.1) is 0 Å². The first-order valence-electron chi connectivity index (χ1n) is 11.5. The van der Waals surface area contributed by atoms with Crippen LogP contribution in [0.25, 0.3) is 22.2 Å². The quantitative estimate of drug-likeness (QED) is 0.209. The summed E-state index contributed by atoms with van der Waals surface area (Å²) in [5.74, 6) is -2.81. The highest BCUT2D eigenvalue weighted by atomic mass is 16.5. The van der Waals surface area contributed by atoms with Gasteiger partial charge in [-0.25, -0.2) is 9.59 Å². The second-order valence-electron chi connectivity index (χ2n) is 8.13. The number of rotatable bonds is 9. The van der Waals surface area contributed by atoms with Gasteiger partial charge in [0.05, 0.1) is 19.8 Å². The van der Waals surface area contributed by atoms with Gasteiger partial charge in [0.2, 0.25) is 0 Å². The number of carboxylic acids is 2. The van der Waals surface area contributed by atoms with Crippen molar-refractivity contribution in [1.82, 2.24) is 9.88 Å². The predicted molar refractivity (Wildman–Crippen MR) is 138 cm³/mol. The number of carboxylic acid groups (broad SMARTS) is 2. The van der Waals surface area contributed by atoms with Crippen molar-refractivity contribution in [3.8, 4) is 17.0 Å². The van der Waals surface area contributed by atoms with Crippen LogP contribution in [-0.4, -0.2) is 58.1 Å². The molecule has 1 heterocycles. The highest BCUT2D eigenvalue weighted by Crippen LogP contribution is 2.29. The second kappa shape index (κ2) is 13.1. The number of nitrogens with one attached hydrogen (secondary N) is 1. The molecule has 4 aromatic rings. The van der Waals surface area contributed by atoms with Crippen LogP contribution in [0.1, 0.15) is 5.56 Å². The maximum absolute atomic E-state index is 10.7. The van der Waals surface area contributed by atoms with E-state index >= 15 is 0 Å². The first-order valence-corrected chi connectivity index (χ1v) is 11.5. The van der Waals surface area contributed by atoms with E-state index in [1.807, 2.05) is 30.3 Å². The van der Waals surface area contributed by atoms with Gasteiger partial charge in [0, 0.05) is 23.1 Å². The summed E-state index contributed by atoms with van der Waals surface area (Å²) in [6.07, 6.45) is 0.477. The minimum atomic E-state index is -1.82. The van der Waals surface area contributed by atoms with E-state index in [-0.39, 0.29) is 0 Å². The van der Waals surface area contributed by atoms with Crippen molar-refractivity contribution < 1.29 is 29.6 Å². The lowest BCUT2D eigenvalue weighted by Gasteiger charge is -2.17. The fourth-order valence-electron chi connectivity index (χ4n) is 3.83. The molecule has 0 amide bonds. The summed E-state index contributed by atoms with van der Waals surface area (Å²) >= 11 is 0. The van der Waals surface area contributed by atoms with Crippen molar-refractivity contribution in [3.63, 3.8) is 0 Å².